The Labute approximate surface area is 121 Å². The molecule has 7 heteroatoms. The fourth-order valence-corrected chi connectivity index (χ4v) is 2.24. The summed E-state index contributed by atoms with van der Waals surface area (Å²) < 4.78 is 23.3. The maximum atomic E-state index is 12.8. The first kappa shape index (κ1) is 14.0. The van der Waals surface area contributed by atoms with Crippen molar-refractivity contribution in [1.82, 2.24) is 15.0 Å². The summed E-state index contributed by atoms with van der Waals surface area (Å²) in [7, 11) is 0. The summed E-state index contributed by atoms with van der Waals surface area (Å²) in [4.78, 5) is 6.29. The van der Waals surface area contributed by atoms with Crippen LogP contribution >= 0.6 is 0 Å². The minimum Gasteiger partial charge on any atom is -0.485 e. The highest BCUT2D eigenvalue weighted by molar-refractivity contribution is 5.22. The molecule has 0 aliphatic carbocycles. The number of likely N-dealkylation sites (tertiary alicyclic amines) is 1. The molecular weight excluding hydrogens is 277 g/mol. The molecule has 0 saturated carbocycles. The zero-order valence-electron chi connectivity index (χ0n) is 11.4. The number of aliphatic hydroxyl groups is 1. The second kappa shape index (κ2) is 6.19. The number of aliphatic hydroxyl groups excluding tert-OH is 1. The van der Waals surface area contributed by atoms with E-state index in [1.54, 1.807) is 12.1 Å². The third kappa shape index (κ3) is 3.77. The van der Waals surface area contributed by atoms with Crippen LogP contribution in [0.1, 0.15) is 18.1 Å². The Morgan fingerprint density at radius 3 is 2.90 bits per heavy atom. The summed E-state index contributed by atoms with van der Waals surface area (Å²) in [6.45, 7) is 2.15. The smallest absolute Gasteiger partial charge is 0.240 e. The van der Waals surface area contributed by atoms with Crippen LogP contribution in [0.15, 0.2) is 28.8 Å². The molecule has 0 spiro atoms. The summed E-state index contributed by atoms with van der Waals surface area (Å²) >= 11 is 0. The molecule has 3 rings (SSSR count). The molecule has 112 valence electrons. The van der Waals surface area contributed by atoms with Crippen molar-refractivity contribution in [3.8, 4) is 5.75 Å². The molecule has 0 radical (unpaired) electrons. The number of ether oxygens (including phenoxy) is 1. The van der Waals surface area contributed by atoms with Crippen molar-refractivity contribution in [2.24, 2.45) is 0 Å². The predicted octanol–water partition coefficient (Wildman–Crippen LogP) is 1.35. The Bertz CT molecular complexity index is 587. The van der Waals surface area contributed by atoms with Gasteiger partial charge >= 0.3 is 0 Å². The van der Waals surface area contributed by atoms with Gasteiger partial charge in [-0.3, -0.25) is 4.90 Å². The first-order valence-corrected chi connectivity index (χ1v) is 6.79. The summed E-state index contributed by atoms with van der Waals surface area (Å²) in [6, 6.07) is 5.75. The maximum Gasteiger partial charge on any atom is 0.240 e. The zero-order chi connectivity index (χ0) is 14.7. The minimum absolute atomic E-state index is 0.164. The van der Waals surface area contributed by atoms with Gasteiger partial charge in [0.05, 0.1) is 12.6 Å². The SMILES string of the molecule is O[C@H]1CCN(Cc2nc(COc3ccc(F)cc3)no2)C1. The fourth-order valence-electron chi connectivity index (χ4n) is 2.24. The van der Waals surface area contributed by atoms with Gasteiger partial charge in [0.25, 0.3) is 0 Å². The lowest BCUT2D eigenvalue weighted by Gasteiger charge is -2.10. The Morgan fingerprint density at radius 1 is 1.38 bits per heavy atom. The lowest BCUT2D eigenvalue weighted by atomic mass is 10.3. The van der Waals surface area contributed by atoms with Crippen LogP contribution in [0.3, 0.4) is 0 Å². The Hall–Kier alpha value is -1.99. The second-order valence-electron chi connectivity index (χ2n) is 5.02. The average molecular weight is 293 g/mol. The van der Waals surface area contributed by atoms with E-state index < -0.39 is 0 Å². The van der Waals surface area contributed by atoms with Crippen LogP contribution in [0.4, 0.5) is 4.39 Å². The number of nitrogens with zero attached hydrogens (tertiary/aromatic N) is 3. The molecule has 0 unspecified atom stereocenters. The van der Waals surface area contributed by atoms with Gasteiger partial charge < -0.3 is 14.4 Å². The number of aromatic nitrogens is 2. The molecule has 0 amide bonds. The van der Waals surface area contributed by atoms with Crippen molar-refractivity contribution in [1.29, 1.82) is 0 Å². The molecule has 1 N–H and O–H groups in total. The largest absolute Gasteiger partial charge is 0.485 e. The van der Waals surface area contributed by atoms with Gasteiger partial charge in [-0.15, -0.1) is 0 Å². The van der Waals surface area contributed by atoms with Crippen molar-refractivity contribution in [3.05, 3.63) is 41.8 Å². The summed E-state index contributed by atoms with van der Waals surface area (Å²) in [6.07, 6.45) is 0.503. The number of benzene rings is 1. The summed E-state index contributed by atoms with van der Waals surface area (Å²) in [5.74, 6) is 1.18. The number of rotatable bonds is 5. The highest BCUT2D eigenvalue weighted by Crippen LogP contribution is 2.14. The molecule has 1 aromatic carbocycles. The van der Waals surface area contributed by atoms with E-state index in [0.717, 1.165) is 13.0 Å². The molecule has 2 heterocycles. The molecule has 1 aliphatic heterocycles. The Morgan fingerprint density at radius 2 is 2.19 bits per heavy atom. The van der Waals surface area contributed by atoms with E-state index >= 15 is 0 Å². The van der Waals surface area contributed by atoms with Gasteiger partial charge in [-0.05, 0) is 30.7 Å². The van der Waals surface area contributed by atoms with Crippen LogP contribution < -0.4 is 4.74 Å². The topological polar surface area (TPSA) is 71.6 Å². The van der Waals surface area contributed by atoms with Crippen LogP contribution in [-0.4, -0.2) is 39.3 Å². The van der Waals surface area contributed by atoms with Gasteiger partial charge in [-0.2, -0.15) is 4.98 Å². The third-order valence-electron chi connectivity index (χ3n) is 3.30. The number of hydrogen-bond acceptors (Lipinski definition) is 6. The number of halogens is 1. The number of β-amino-alcohol motifs (C(OH)–C–C–N with tert-alkyl or cyclic N) is 1. The van der Waals surface area contributed by atoms with Gasteiger partial charge in [0, 0.05) is 13.1 Å². The van der Waals surface area contributed by atoms with Crippen LogP contribution in [0.5, 0.6) is 5.75 Å². The lowest BCUT2D eigenvalue weighted by Crippen LogP contribution is -2.21. The molecule has 1 saturated heterocycles. The van der Waals surface area contributed by atoms with Crippen molar-refractivity contribution >= 4 is 0 Å². The van der Waals surface area contributed by atoms with Gasteiger partial charge in [-0.25, -0.2) is 4.39 Å². The van der Waals surface area contributed by atoms with Gasteiger partial charge in [0.2, 0.25) is 11.7 Å². The van der Waals surface area contributed by atoms with E-state index in [-0.39, 0.29) is 18.5 Å². The average Bonchev–Trinajstić information content (AvgIpc) is 3.08. The maximum absolute atomic E-state index is 12.8. The van der Waals surface area contributed by atoms with Crippen molar-refractivity contribution in [2.45, 2.75) is 25.7 Å². The van der Waals surface area contributed by atoms with E-state index in [9.17, 15) is 9.50 Å². The van der Waals surface area contributed by atoms with Gasteiger partial charge in [-0.1, -0.05) is 5.16 Å². The minimum atomic E-state index is -0.308. The van der Waals surface area contributed by atoms with Crippen molar-refractivity contribution in [3.63, 3.8) is 0 Å². The quantitative estimate of drug-likeness (QED) is 0.897. The normalized spacial score (nSPS) is 19.0. The second-order valence-corrected chi connectivity index (χ2v) is 5.02. The molecular formula is C14H16FN3O3. The molecule has 21 heavy (non-hydrogen) atoms. The van der Waals surface area contributed by atoms with Crippen molar-refractivity contribution in [2.75, 3.05) is 13.1 Å². The van der Waals surface area contributed by atoms with Crippen LogP contribution in [0, 0.1) is 5.82 Å². The van der Waals surface area contributed by atoms with Crippen LogP contribution in [-0.2, 0) is 13.2 Å². The fraction of sp³-hybridized carbons (Fsp3) is 0.429. The zero-order valence-corrected chi connectivity index (χ0v) is 11.4. The predicted molar refractivity (Wildman–Crippen MR) is 70.9 cm³/mol. The summed E-state index contributed by atoms with van der Waals surface area (Å²) in [5, 5.41) is 13.3. The monoisotopic (exact) mass is 293 g/mol. The van der Waals surface area contributed by atoms with Crippen molar-refractivity contribution < 1.29 is 18.8 Å². The number of hydrogen-bond donors (Lipinski definition) is 1. The van der Waals surface area contributed by atoms with Crippen LogP contribution in [0.25, 0.3) is 0 Å². The first-order valence-electron chi connectivity index (χ1n) is 6.79. The molecule has 1 aromatic heterocycles. The molecule has 1 atom stereocenters. The Balaban J connectivity index is 1.51. The van der Waals surface area contributed by atoms with E-state index in [0.29, 0.717) is 30.6 Å². The molecule has 1 aliphatic rings. The highest BCUT2D eigenvalue weighted by atomic mass is 19.1. The Kier molecular flexibility index (Phi) is 4.12. The van der Waals surface area contributed by atoms with E-state index in [1.165, 1.54) is 12.1 Å². The van der Waals surface area contributed by atoms with E-state index in [2.05, 4.69) is 15.0 Å². The van der Waals surface area contributed by atoms with E-state index in [1.807, 2.05) is 0 Å². The molecule has 6 nitrogen and oxygen atoms in total. The molecule has 1 fully saturated rings. The molecule has 0 bridgehead atoms. The standard InChI is InChI=1S/C14H16FN3O3/c15-10-1-3-12(4-2-10)20-9-13-16-14(21-17-13)8-18-6-5-11(19)7-18/h1-4,11,19H,5-9H2/t11-/m0/s1. The van der Waals surface area contributed by atoms with E-state index in [4.69, 9.17) is 9.26 Å². The summed E-state index contributed by atoms with van der Waals surface area (Å²) in [5.41, 5.74) is 0. The third-order valence-corrected chi connectivity index (χ3v) is 3.30. The first-order chi connectivity index (χ1) is 10.2. The van der Waals surface area contributed by atoms with Gasteiger partial charge in [0.15, 0.2) is 6.61 Å². The highest BCUT2D eigenvalue weighted by Gasteiger charge is 2.22. The molecule has 2 aromatic rings. The lowest BCUT2D eigenvalue weighted by molar-refractivity contribution is 0.169. The van der Waals surface area contributed by atoms with Gasteiger partial charge in [0.1, 0.15) is 11.6 Å². The van der Waals surface area contributed by atoms with Crippen LogP contribution in [0.2, 0.25) is 0 Å².